The van der Waals surface area contributed by atoms with E-state index in [0.717, 1.165) is 11.0 Å². The number of hydrogen-bond donors (Lipinski definition) is 0. The minimum Gasteiger partial charge on any atom is -0.452 e. The van der Waals surface area contributed by atoms with Crippen LogP contribution in [0.15, 0.2) is 65.3 Å². The van der Waals surface area contributed by atoms with E-state index in [0.29, 0.717) is 11.4 Å². The van der Waals surface area contributed by atoms with Crippen molar-refractivity contribution in [2.24, 2.45) is 0 Å². The van der Waals surface area contributed by atoms with Gasteiger partial charge in [0.2, 0.25) is 5.88 Å². The zero-order valence-electron chi connectivity index (χ0n) is 13.2. The second-order valence-electron chi connectivity index (χ2n) is 5.13. The molecule has 25 heavy (non-hydrogen) atoms. The molecule has 0 saturated carbocycles. The van der Waals surface area contributed by atoms with Gasteiger partial charge in [0, 0.05) is 6.07 Å². The van der Waals surface area contributed by atoms with E-state index >= 15 is 0 Å². The Morgan fingerprint density at radius 3 is 2.72 bits per heavy atom. The normalized spacial score (nSPS) is 10.8. The number of hydrogen-bond acceptors (Lipinski definition) is 6. The third kappa shape index (κ3) is 2.49. The fourth-order valence-electron chi connectivity index (χ4n) is 2.60. The van der Waals surface area contributed by atoms with E-state index in [-0.39, 0.29) is 5.88 Å². The summed E-state index contributed by atoms with van der Waals surface area (Å²) in [5, 5.41) is 12.1. The zero-order valence-corrected chi connectivity index (χ0v) is 13.2. The van der Waals surface area contributed by atoms with Crippen molar-refractivity contribution in [1.29, 1.82) is 0 Å². The topological polar surface area (TPSA) is 86.3 Å². The molecule has 2 aromatic heterocycles. The molecule has 2 heterocycles. The maximum atomic E-state index is 12.4. The number of anilines is 2. The maximum absolute atomic E-state index is 12.4. The minimum atomic E-state index is -0.603. The van der Waals surface area contributed by atoms with Crippen molar-refractivity contribution in [3.8, 4) is 5.69 Å². The summed E-state index contributed by atoms with van der Waals surface area (Å²) in [6, 6.07) is 16.4. The van der Waals surface area contributed by atoms with E-state index in [4.69, 9.17) is 9.26 Å². The molecule has 4 rings (SSSR count). The Bertz CT molecular complexity index is 1030. The number of benzene rings is 2. The second-order valence-corrected chi connectivity index (χ2v) is 5.13. The van der Waals surface area contributed by atoms with Crippen LogP contribution in [-0.4, -0.2) is 33.4 Å². The largest absolute Gasteiger partial charge is 0.452 e. The van der Waals surface area contributed by atoms with E-state index in [1.54, 1.807) is 16.8 Å². The first kappa shape index (κ1) is 14.9. The van der Waals surface area contributed by atoms with Crippen molar-refractivity contribution >= 4 is 28.7 Å². The average molecular weight is 335 g/mol. The Balaban J connectivity index is 1.93. The number of amides is 1. The van der Waals surface area contributed by atoms with Crippen LogP contribution in [0.1, 0.15) is 0 Å². The fraction of sp³-hybridized carbons (Fsp3) is 0.0588. The number of carbonyl (C=O) groups is 1. The van der Waals surface area contributed by atoms with E-state index in [2.05, 4.69) is 15.5 Å². The Morgan fingerprint density at radius 1 is 1.12 bits per heavy atom. The van der Waals surface area contributed by atoms with Gasteiger partial charge in [-0.25, -0.2) is 14.4 Å². The van der Waals surface area contributed by atoms with Crippen LogP contribution in [0.2, 0.25) is 0 Å². The first-order valence-corrected chi connectivity index (χ1v) is 7.48. The summed E-state index contributed by atoms with van der Waals surface area (Å²) in [7, 11) is 1.30. The van der Waals surface area contributed by atoms with Crippen molar-refractivity contribution < 1.29 is 14.1 Å². The smallest absolute Gasteiger partial charge is 0.421 e. The molecule has 0 atom stereocenters. The van der Waals surface area contributed by atoms with Crippen molar-refractivity contribution in [3.05, 3.63) is 60.8 Å². The summed E-state index contributed by atoms with van der Waals surface area (Å²) in [6.45, 7) is 0. The third-order valence-corrected chi connectivity index (χ3v) is 3.70. The molecule has 0 bridgehead atoms. The number of nitrogens with zero attached hydrogens (tertiary/aromatic N) is 5. The number of para-hydroxylation sites is 3. The van der Waals surface area contributed by atoms with E-state index < -0.39 is 6.09 Å². The van der Waals surface area contributed by atoms with Crippen molar-refractivity contribution in [2.45, 2.75) is 0 Å². The van der Waals surface area contributed by atoms with Crippen LogP contribution in [0, 0.1) is 0 Å². The number of fused-ring (bicyclic) bond motifs is 1. The van der Waals surface area contributed by atoms with Gasteiger partial charge in [-0.1, -0.05) is 34.6 Å². The quantitative estimate of drug-likeness (QED) is 0.571. The maximum Gasteiger partial charge on any atom is 0.421 e. The standard InChI is InChI=1S/C17H13N5O3/c1-24-17(23)21(16-10-11-18-25-16)14-8-4-5-9-15(14)22-13-7-3-2-6-12(13)19-20-22/h2-11H,1H3. The van der Waals surface area contributed by atoms with Gasteiger partial charge in [0.1, 0.15) is 5.52 Å². The molecule has 124 valence electrons. The molecule has 0 aliphatic carbocycles. The highest BCUT2D eigenvalue weighted by molar-refractivity contribution is 5.97. The number of ether oxygens (including phenoxy) is 1. The van der Waals surface area contributed by atoms with Gasteiger partial charge in [-0.05, 0) is 24.3 Å². The Hall–Kier alpha value is -3.68. The fourth-order valence-corrected chi connectivity index (χ4v) is 2.60. The Labute approximate surface area is 142 Å². The molecule has 4 aromatic rings. The van der Waals surface area contributed by atoms with E-state index in [1.165, 1.54) is 18.2 Å². The first-order valence-electron chi connectivity index (χ1n) is 7.48. The van der Waals surface area contributed by atoms with Gasteiger partial charge in [0.05, 0.1) is 30.2 Å². The van der Waals surface area contributed by atoms with Gasteiger partial charge in [-0.3, -0.25) is 0 Å². The van der Waals surface area contributed by atoms with Crippen LogP contribution in [0.3, 0.4) is 0 Å². The van der Waals surface area contributed by atoms with Gasteiger partial charge in [0.25, 0.3) is 0 Å². The Kier molecular flexibility index (Phi) is 3.62. The monoisotopic (exact) mass is 335 g/mol. The van der Waals surface area contributed by atoms with Crippen molar-refractivity contribution in [1.82, 2.24) is 20.2 Å². The first-order chi connectivity index (χ1) is 12.3. The molecule has 2 aromatic carbocycles. The summed E-state index contributed by atoms with van der Waals surface area (Å²) in [5.41, 5.74) is 2.75. The number of rotatable bonds is 3. The summed E-state index contributed by atoms with van der Waals surface area (Å²) < 4.78 is 11.7. The van der Waals surface area contributed by atoms with Gasteiger partial charge in [-0.15, -0.1) is 5.10 Å². The molecular formula is C17H13N5O3. The van der Waals surface area contributed by atoms with E-state index in [1.807, 2.05) is 42.5 Å². The molecule has 8 heteroatoms. The highest BCUT2D eigenvalue weighted by atomic mass is 16.6. The molecular weight excluding hydrogens is 322 g/mol. The van der Waals surface area contributed by atoms with Gasteiger partial charge in [0.15, 0.2) is 0 Å². The van der Waals surface area contributed by atoms with Crippen LogP contribution < -0.4 is 4.90 Å². The lowest BCUT2D eigenvalue weighted by Crippen LogP contribution is -2.26. The Morgan fingerprint density at radius 2 is 1.92 bits per heavy atom. The molecule has 0 N–H and O–H groups in total. The summed E-state index contributed by atoms with van der Waals surface area (Å²) in [4.78, 5) is 13.7. The van der Waals surface area contributed by atoms with Gasteiger partial charge >= 0.3 is 6.09 Å². The van der Waals surface area contributed by atoms with Crippen LogP contribution in [0.25, 0.3) is 16.7 Å². The molecule has 0 aliphatic heterocycles. The molecule has 0 aliphatic rings. The van der Waals surface area contributed by atoms with Crippen molar-refractivity contribution in [3.63, 3.8) is 0 Å². The highest BCUT2D eigenvalue weighted by Crippen LogP contribution is 2.32. The number of methoxy groups -OCH3 is 1. The molecule has 1 amide bonds. The lowest BCUT2D eigenvalue weighted by molar-refractivity contribution is 0.180. The average Bonchev–Trinajstić information content (AvgIpc) is 3.32. The summed E-state index contributed by atoms with van der Waals surface area (Å²) >= 11 is 0. The molecule has 0 fully saturated rings. The molecule has 0 radical (unpaired) electrons. The van der Waals surface area contributed by atoms with Crippen LogP contribution in [-0.2, 0) is 4.74 Å². The molecule has 8 nitrogen and oxygen atoms in total. The number of carbonyl (C=O) groups excluding carboxylic acids is 1. The highest BCUT2D eigenvalue weighted by Gasteiger charge is 2.25. The predicted octanol–water partition coefficient (Wildman–Crippen LogP) is 3.31. The van der Waals surface area contributed by atoms with Crippen LogP contribution in [0.4, 0.5) is 16.4 Å². The van der Waals surface area contributed by atoms with Crippen LogP contribution in [0.5, 0.6) is 0 Å². The predicted molar refractivity (Wildman–Crippen MR) is 89.9 cm³/mol. The van der Waals surface area contributed by atoms with Crippen LogP contribution >= 0.6 is 0 Å². The zero-order chi connectivity index (χ0) is 17.2. The third-order valence-electron chi connectivity index (χ3n) is 3.70. The van der Waals surface area contributed by atoms with Gasteiger partial charge < -0.3 is 9.26 Å². The second kappa shape index (κ2) is 6.08. The molecule has 0 unspecified atom stereocenters. The SMILES string of the molecule is COC(=O)N(c1ccno1)c1ccccc1-n1nnc2ccccc21. The minimum absolute atomic E-state index is 0.240. The summed E-state index contributed by atoms with van der Waals surface area (Å²) in [6.07, 6.45) is 0.854. The van der Waals surface area contributed by atoms with E-state index in [9.17, 15) is 4.79 Å². The summed E-state index contributed by atoms with van der Waals surface area (Å²) in [5.74, 6) is 0.240. The number of aromatic nitrogens is 4. The lowest BCUT2D eigenvalue weighted by atomic mass is 10.2. The van der Waals surface area contributed by atoms with Gasteiger partial charge in [-0.2, -0.15) is 0 Å². The molecule has 0 saturated heterocycles. The van der Waals surface area contributed by atoms with Crippen molar-refractivity contribution in [2.75, 3.05) is 12.0 Å². The lowest BCUT2D eigenvalue weighted by Gasteiger charge is -2.20. The molecule has 0 spiro atoms.